The van der Waals surface area contributed by atoms with Crippen molar-refractivity contribution in [3.8, 4) is 11.1 Å². The Morgan fingerprint density at radius 1 is 0.563 bits per heavy atom. The first-order valence-electron chi connectivity index (χ1n) is 28.2. The SMILES string of the molecule is CC1CC(C)C2CCC3CCCC3C2C1.CC1CC(C)C2CCC3CCCC3C2C1.CCOCC.Cc1cc(C)c2c(c1)-c1c[cH-]cc1CC2.Cc1cc(C)c2c(c1)C1=CC=CC1CC2.[CH3-].[CH3-].[Cl][Zr+2][Cl].[Li+]. The van der Waals surface area contributed by atoms with Gasteiger partial charge in [-0.1, -0.05) is 125 Å². The number of halogens is 2. The first-order chi connectivity index (χ1) is 32.8. The Kier molecular flexibility index (Phi) is 26.8. The van der Waals surface area contributed by atoms with Crippen molar-refractivity contribution in [2.24, 2.45) is 76.9 Å². The zero-order chi connectivity index (χ0) is 48.5. The normalized spacial score (nSPS) is 31.4. The zero-order valence-corrected chi connectivity index (χ0v) is 51.6. The summed E-state index contributed by atoms with van der Waals surface area (Å²) in [6.07, 6.45) is 33.6. The molecule has 0 heterocycles. The third kappa shape index (κ3) is 15.7. The van der Waals surface area contributed by atoms with Crippen LogP contribution in [0.15, 0.2) is 60.7 Å². The number of hydrogen-bond acceptors (Lipinski definition) is 1. The minimum Gasteiger partial charge on any atom is 1.00 e. The summed E-state index contributed by atoms with van der Waals surface area (Å²) in [6.45, 7) is 24.6. The van der Waals surface area contributed by atoms with Crippen molar-refractivity contribution in [2.75, 3.05) is 13.2 Å². The van der Waals surface area contributed by atoms with Crippen LogP contribution < -0.4 is 18.9 Å². The first-order valence-corrected chi connectivity index (χ1v) is 34.6. The molecule has 9 aliphatic carbocycles. The van der Waals surface area contributed by atoms with Crippen molar-refractivity contribution in [2.45, 2.75) is 185 Å². The van der Waals surface area contributed by atoms with Gasteiger partial charge in [-0.25, -0.2) is 0 Å². The van der Waals surface area contributed by atoms with Gasteiger partial charge in [0.1, 0.15) is 0 Å². The second kappa shape index (κ2) is 30.3. The fourth-order valence-corrected chi connectivity index (χ4v) is 16.6. The van der Waals surface area contributed by atoms with E-state index in [-0.39, 0.29) is 33.7 Å². The maximum Gasteiger partial charge on any atom is 1.00 e. The Bertz CT molecular complexity index is 2060. The molecule has 12 rings (SSSR count). The van der Waals surface area contributed by atoms with Crippen molar-refractivity contribution >= 4 is 22.6 Å². The molecule has 0 amide bonds. The topological polar surface area (TPSA) is 9.23 Å². The summed E-state index contributed by atoms with van der Waals surface area (Å²) in [5.74, 6) is 13.8. The molecule has 71 heavy (non-hydrogen) atoms. The summed E-state index contributed by atoms with van der Waals surface area (Å²) in [5.41, 5.74) is 16.3. The number of allylic oxidation sites excluding steroid dienone is 4. The summed E-state index contributed by atoms with van der Waals surface area (Å²) >= 11 is -0.826. The van der Waals surface area contributed by atoms with Crippen LogP contribution in [0.4, 0.5) is 0 Å². The van der Waals surface area contributed by atoms with Gasteiger partial charge in [-0.05, 0) is 224 Å². The van der Waals surface area contributed by atoms with Gasteiger partial charge in [0.05, 0.1) is 0 Å². The monoisotopic (exact) mass is 1070 g/mol. The van der Waals surface area contributed by atoms with Gasteiger partial charge in [-0.15, -0.1) is 0 Å². The van der Waals surface area contributed by atoms with Gasteiger partial charge in [0.15, 0.2) is 0 Å². The van der Waals surface area contributed by atoms with Crippen molar-refractivity contribution in [1.29, 1.82) is 0 Å². The summed E-state index contributed by atoms with van der Waals surface area (Å²) < 4.78 is 4.83. The van der Waals surface area contributed by atoms with Crippen LogP contribution in [-0.2, 0) is 44.8 Å². The van der Waals surface area contributed by atoms with E-state index in [1.54, 1.807) is 93.7 Å². The second-order valence-corrected chi connectivity index (χ2v) is 27.5. The minimum atomic E-state index is -0.826. The number of ether oxygens (including phenoxy) is 1. The molecule has 3 aromatic carbocycles. The van der Waals surface area contributed by atoms with Crippen molar-refractivity contribution < 1.29 is 44.4 Å². The predicted octanol–water partition coefficient (Wildman–Crippen LogP) is 16.9. The van der Waals surface area contributed by atoms with Crippen LogP contribution in [0.3, 0.4) is 0 Å². The molecule has 13 unspecified atom stereocenters. The molecule has 0 saturated heterocycles. The van der Waals surface area contributed by atoms with Crippen molar-refractivity contribution in [3.63, 3.8) is 0 Å². The molecule has 0 N–H and O–H groups in total. The summed E-state index contributed by atoms with van der Waals surface area (Å²) in [5, 5.41) is 0. The number of fused-ring (bicyclic) bond motifs is 12. The van der Waals surface area contributed by atoms with Gasteiger partial charge in [0.2, 0.25) is 0 Å². The van der Waals surface area contributed by atoms with E-state index in [4.69, 9.17) is 21.8 Å². The minimum absolute atomic E-state index is 0. The van der Waals surface area contributed by atoms with Crippen LogP contribution in [0.25, 0.3) is 16.7 Å². The average molecular weight is 1080 g/mol. The molecule has 6 saturated carbocycles. The van der Waals surface area contributed by atoms with Crippen LogP contribution in [0.2, 0.25) is 0 Å². The molecular formula is C66H99Cl2LiOZr. The maximum atomic E-state index is 4.93. The Hall–Kier alpha value is -0.709. The molecule has 388 valence electrons. The molecule has 5 heteroatoms. The van der Waals surface area contributed by atoms with E-state index in [0.717, 1.165) is 84.2 Å². The molecule has 0 spiro atoms. The molecule has 6 fully saturated rings. The van der Waals surface area contributed by atoms with E-state index in [9.17, 15) is 0 Å². The number of hydrogen-bond donors (Lipinski definition) is 0. The molecule has 0 aromatic heterocycles. The fraction of sp³-hybridized carbons (Fsp3) is 0.652. The molecule has 13 atom stereocenters. The number of aryl methyl sites for hydroxylation is 5. The first kappa shape index (κ1) is 62.8. The van der Waals surface area contributed by atoms with Gasteiger partial charge < -0.3 is 19.6 Å². The molecular weight excluding hydrogens is 978 g/mol. The van der Waals surface area contributed by atoms with Crippen LogP contribution in [0.1, 0.15) is 182 Å². The van der Waals surface area contributed by atoms with Crippen molar-refractivity contribution in [1.82, 2.24) is 0 Å². The van der Waals surface area contributed by atoms with Crippen molar-refractivity contribution in [3.05, 3.63) is 120 Å². The largest absolute Gasteiger partial charge is 1.00 e. The molecule has 3 aromatic rings. The fourth-order valence-electron chi connectivity index (χ4n) is 16.6. The zero-order valence-electron chi connectivity index (χ0n) is 47.6. The van der Waals surface area contributed by atoms with Gasteiger partial charge in [-0.3, -0.25) is 0 Å². The van der Waals surface area contributed by atoms with Crippen LogP contribution >= 0.6 is 17.0 Å². The molecule has 9 aliphatic rings. The van der Waals surface area contributed by atoms with Crippen LogP contribution in [0.5, 0.6) is 0 Å². The Balaban J connectivity index is 0.000000193. The van der Waals surface area contributed by atoms with E-state index in [0.29, 0.717) is 5.92 Å². The van der Waals surface area contributed by atoms with E-state index in [2.05, 4.69) is 116 Å². The predicted molar refractivity (Wildman–Crippen MR) is 305 cm³/mol. The third-order valence-corrected chi connectivity index (χ3v) is 19.3. The smallest absolute Gasteiger partial charge is 1.00 e. The average Bonchev–Trinajstić information content (AvgIpc) is 4.15. The van der Waals surface area contributed by atoms with Gasteiger partial charge in [0, 0.05) is 19.1 Å². The Morgan fingerprint density at radius 2 is 1.07 bits per heavy atom. The third-order valence-electron chi connectivity index (χ3n) is 19.3. The van der Waals surface area contributed by atoms with Gasteiger partial charge >= 0.3 is 56.7 Å². The quantitative estimate of drug-likeness (QED) is 0.184. The standard InChI is InChI=1S/2C15H26.C15H16.C15H15.C4H10O.2CH3.2ClH.Li.Zr/c4*1-10-8-11(2)13-7-6-12-4-3-5-14(12)15(13)9-10;1-3-5-4-2;;;;;;/h2*10-15H,3-9H2,1-2H3;3-5,8-9,12H,6-7H2,1-2H3;3-5,8-9H,6-7H2,1-2H3;3-4H2,1-2H3;2*1H3;2*1H;;/q;;;-1;;2*-1;;;+1;+4/p-2. The van der Waals surface area contributed by atoms with Crippen LogP contribution in [0, 0.1) is 119 Å². The summed E-state index contributed by atoms with van der Waals surface area (Å²) in [7, 11) is 9.87. The van der Waals surface area contributed by atoms with Gasteiger partial charge in [-0.2, -0.15) is 29.3 Å². The second-order valence-electron chi connectivity index (χ2n) is 23.8. The summed E-state index contributed by atoms with van der Waals surface area (Å²) in [6, 6.07) is 16.0. The molecule has 0 bridgehead atoms. The molecule has 0 aliphatic heterocycles. The molecule has 0 radical (unpaired) electrons. The van der Waals surface area contributed by atoms with Crippen LogP contribution in [-0.4, -0.2) is 13.2 Å². The van der Waals surface area contributed by atoms with E-state index < -0.39 is 20.8 Å². The molecule has 1 nitrogen and oxygen atoms in total. The number of benzene rings is 2. The Morgan fingerprint density at radius 3 is 1.58 bits per heavy atom. The summed E-state index contributed by atoms with van der Waals surface area (Å²) in [4.78, 5) is 0. The Labute approximate surface area is 469 Å². The van der Waals surface area contributed by atoms with E-state index >= 15 is 0 Å². The van der Waals surface area contributed by atoms with Gasteiger partial charge in [0.25, 0.3) is 0 Å². The van der Waals surface area contributed by atoms with E-state index in [1.807, 2.05) is 13.8 Å². The van der Waals surface area contributed by atoms with E-state index in [1.165, 1.54) is 83.0 Å². The number of rotatable bonds is 2. The maximum absolute atomic E-state index is 4.93.